The van der Waals surface area contributed by atoms with Crippen LogP contribution < -0.4 is 16.2 Å². The van der Waals surface area contributed by atoms with Gasteiger partial charge in [-0.2, -0.15) is 5.26 Å². The monoisotopic (exact) mass is 380 g/mol. The maximum Gasteiger partial charge on any atom is 0.270 e. The molecule has 1 saturated heterocycles. The Morgan fingerprint density at radius 1 is 1.21 bits per heavy atom. The van der Waals surface area contributed by atoms with Gasteiger partial charge in [-0.1, -0.05) is 0 Å². The van der Waals surface area contributed by atoms with Crippen LogP contribution in [0.1, 0.15) is 64.1 Å². The zero-order chi connectivity index (χ0) is 19.8. The largest absolute Gasteiger partial charge is 0.444 e. The summed E-state index contributed by atoms with van der Waals surface area (Å²) in [6.07, 6.45) is 5.95. The Kier molecular flexibility index (Phi) is 4.87. The number of oxazole rings is 1. The molecule has 1 saturated carbocycles. The first-order valence-electron chi connectivity index (χ1n) is 9.58. The summed E-state index contributed by atoms with van der Waals surface area (Å²) in [5.41, 5.74) is 9.13. The third-order valence-corrected chi connectivity index (χ3v) is 6.01. The average Bonchev–Trinajstić information content (AvgIpc) is 3.29. The van der Waals surface area contributed by atoms with E-state index in [1.807, 2.05) is 20.8 Å². The van der Waals surface area contributed by atoms with E-state index in [1.54, 1.807) is 6.20 Å². The molecule has 0 radical (unpaired) electrons. The summed E-state index contributed by atoms with van der Waals surface area (Å²) in [6.45, 7) is 5.52. The zero-order valence-corrected chi connectivity index (χ0v) is 16.2. The first kappa shape index (κ1) is 18.6. The lowest BCUT2D eigenvalue weighted by molar-refractivity contribution is 0.0908. The fourth-order valence-electron chi connectivity index (χ4n) is 4.29. The molecule has 3 heterocycles. The number of fused-ring (bicyclic) bond motifs is 1. The van der Waals surface area contributed by atoms with Crippen LogP contribution in [0.5, 0.6) is 0 Å². The van der Waals surface area contributed by atoms with E-state index in [0.717, 1.165) is 36.1 Å². The van der Waals surface area contributed by atoms with E-state index in [2.05, 4.69) is 32.2 Å². The first-order chi connectivity index (χ1) is 13.5. The van der Waals surface area contributed by atoms with Crippen molar-refractivity contribution < 1.29 is 9.21 Å². The summed E-state index contributed by atoms with van der Waals surface area (Å²) in [6, 6.07) is 2.57. The van der Waals surface area contributed by atoms with Crippen molar-refractivity contribution in [1.82, 2.24) is 26.1 Å². The molecule has 4 rings (SSSR count). The number of carbonyl (C=O) groups is 1. The molecule has 4 atom stereocenters. The summed E-state index contributed by atoms with van der Waals surface area (Å²) in [5.74, 6) is 1.60. The van der Waals surface area contributed by atoms with Crippen LogP contribution >= 0.6 is 0 Å². The minimum Gasteiger partial charge on any atom is -0.444 e. The number of nitrogens with zero attached hydrogens (tertiary/aromatic N) is 3. The highest BCUT2D eigenvalue weighted by Crippen LogP contribution is 2.38. The van der Waals surface area contributed by atoms with Crippen LogP contribution in [0.3, 0.4) is 0 Å². The summed E-state index contributed by atoms with van der Waals surface area (Å²) in [7, 11) is 0. The quantitative estimate of drug-likeness (QED) is 0.745. The predicted molar refractivity (Wildman–Crippen MR) is 101 cm³/mol. The van der Waals surface area contributed by atoms with E-state index in [1.165, 1.54) is 6.20 Å². The molecule has 0 aromatic carbocycles. The molecule has 1 amide bonds. The van der Waals surface area contributed by atoms with Crippen LogP contribution in [0.2, 0.25) is 0 Å². The van der Waals surface area contributed by atoms with E-state index in [0.29, 0.717) is 29.1 Å². The van der Waals surface area contributed by atoms with Gasteiger partial charge >= 0.3 is 0 Å². The minimum absolute atomic E-state index is 0.0444. The smallest absolute Gasteiger partial charge is 0.270 e. The van der Waals surface area contributed by atoms with Crippen molar-refractivity contribution in [3.63, 3.8) is 0 Å². The van der Waals surface area contributed by atoms with Crippen molar-refractivity contribution in [2.24, 2.45) is 5.92 Å². The van der Waals surface area contributed by atoms with Crippen molar-refractivity contribution in [3.05, 3.63) is 46.4 Å². The fraction of sp³-hybridized carbons (Fsp3) is 0.500. The SMILES string of the molecule is Cc1ncc(C2NNC3CCC(NC(=O)c4ncc(C#N)c(C)c4C)CC32)o1. The molecule has 1 aliphatic heterocycles. The van der Waals surface area contributed by atoms with E-state index in [-0.39, 0.29) is 18.0 Å². The van der Waals surface area contributed by atoms with Gasteiger partial charge in [0.2, 0.25) is 0 Å². The van der Waals surface area contributed by atoms with Crippen molar-refractivity contribution in [1.29, 1.82) is 5.26 Å². The number of rotatable bonds is 3. The normalized spacial score (nSPS) is 26.5. The van der Waals surface area contributed by atoms with E-state index < -0.39 is 0 Å². The third-order valence-electron chi connectivity index (χ3n) is 6.01. The number of hydrogen-bond donors (Lipinski definition) is 3. The van der Waals surface area contributed by atoms with Gasteiger partial charge in [-0.05, 0) is 44.2 Å². The summed E-state index contributed by atoms with van der Waals surface area (Å²) in [4.78, 5) is 21.2. The minimum atomic E-state index is -0.181. The van der Waals surface area contributed by atoms with Crippen LogP contribution in [0.15, 0.2) is 16.8 Å². The molecular weight excluding hydrogens is 356 g/mol. The number of carbonyl (C=O) groups excluding carboxylic acids is 1. The molecule has 3 N–H and O–H groups in total. The third kappa shape index (κ3) is 3.28. The van der Waals surface area contributed by atoms with Crippen molar-refractivity contribution >= 4 is 5.91 Å². The van der Waals surface area contributed by atoms with Gasteiger partial charge in [0.25, 0.3) is 5.91 Å². The average molecular weight is 380 g/mol. The molecule has 4 unspecified atom stereocenters. The van der Waals surface area contributed by atoms with Gasteiger partial charge in [0.15, 0.2) is 5.89 Å². The maximum atomic E-state index is 12.8. The van der Waals surface area contributed by atoms with Crippen LogP contribution in [0.4, 0.5) is 0 Å². The number of pyridine rings is 1. The second-order valence-electron chi connectivity index (χ2n) is 7.68. The van der Waals surface area contributed by atoms with Gasteiger partial charge in [0, 0.05) is 31.1 Å². The van der Waals surface area contributed by atoms with Gasteiger partial charge in [-0.15, -0.1) is 0 Å². The predicted octanol–water partition coefficient (Wildman–Crippen LogP) is 1.98. The van der Waals surface area contributed by atoms with Gasteiger partial charge in [0.05, 0.1) is 17.8 Å². The molecule has 8 nitrogen and oxygen atoms in total. The molecule has 2 aromatic heterocycles. The van der Waals surface area contributed by atoms with Crippen LogP contribution in [-0.4, -0.2) is 28.0 Å². The molecule has 2 aromatic rings. The molecule has 1 aliphatic carbocycles. The van der Waals surface area contributed by atoms with Gasteiger partial charge in [-0.3, -0.25) is 10.2 Å². The first-order valence-corrected chi connectivity index (χ1v) is 9.58. The second kappa shape index (κ2) is 7.34. The second-order valence-corrected chi connectivity index (χ2v) is 7.68. The maximum absolute atomic E-state index is 12.8. The highest BCUT2D eigenvalue weighted by molar-refractivity contribution is 5.94. The Bertz CT molecular complexity index is 947. The van der Waals surface area contributed by atoms with E-state index >= 15 is 0 Å². The molecule has 0 bridgehead atoms. The molecule has 0 spiro atoms. The van der Waals surface area contributed by atoms with Crippen LogP contribution in [0.25, 0.3) is 0 Å². The highest BCUT2D eigenvalue weighted by atomic mass is 16.4. The molecular formula is C20H24N6O2. The molecule has 2 fully saturated rings. The van der Waals surface area contributed by atoms with Gasteiger partial charge < -0.3 is 9.73 Å². The Morgan fingerprint density at radius 2 is 2.04 bits per heavy atom. The van der Waals surface area contributed by atoms with E-state index in [9.17, 15) is 4.79 Å². The highest BCUT2D eigenvalue weighted by Gasteiger charge is 2.42. The Hall–Kier alpha value is -2.76. The summed E-state index contributed by atoms with van der Waals surface area (Å²) < 4.78 is 5.72. The number of hydrazine groups is 1. The number of aromatic nitrogens is 2. The van der Waals surface area contributed by atoms with Gasteiger partial charge in [0.1, 0.15) is 17.5 Å². The van der Waals surface area contributed by atoms with Gasteiger partial charge in [-0.25, -0.2) is 15.4 Å². The van der Waals surface area contributed by atoms with Crippen molar-refractivity contribution in [2.75, 3.05) is 0 Å². The number of hydrogen-bond acceptors (Lipinski definition) is 7. The Morgan fingerprint density at radius 3 is 2.75 bits per heavy atom. The Labute approximate surface area is 163 Å². The molecule has 146 valence electrons. The summed E-state index contributed by atoms with van der Waals surface area (Å²) >= 11 is 0. The van der Waals surface area contributed by atoms with E-state index in [4.69, 9.17) is 9.68 Å². The lowest BCUT2D eigenvalue weighted by Gasteiger charge is -2.33. The number of nitrogens with one attached hydrogen (secondary N) is 3. The topological polar surface area (TPSA) is 116 Å². The lowest BCUT2D eigenvalue weighted by Crippen LogP contribution is -2.44. The summed E-state index contributed by atoms with van der Waals surface area (Å²) in [5, 5.41) is 12.3. The molecule has 2 aliphatic rings. The number of nitriles is 1. The zero-order valence-electron chi connectivity index (χ0n) is 16.2. The number of amides is 1. The fourth-order valence-corrected chi connectivity index (χ4v) is 4.29. The lowest BCUT2D eigenvalue weighted by atomic mass is 9.78. The molecule has 28 heavy (non-hydrogen) atoms. The van der Waals surface area contributed by atoms with Crippen molar-refractivity contribution in [3.8, 4) is 6.07 Å². The van der Waals surface area contributed by atoms with Crippen LogP contribution in [-0.2, 0) is 0 Å². The molecule has 8 heteroatoms. The van der Waals surface area contributed by atoms with Crippen LogP contribution in [0, 0.1) is 38.0 Å². The Balaban J connectivity index is 1.47. The standard InChI is InChI=1S/C20H24N6O2/c1-10-11(2)18(23-8-13(10)7-21)20(27)24-14-4-5-16-15(6-14)19(26-25-16)17-9-22-12(3)28-17/h8-9,14-16,19,25-26H,4-6H2,1-3H3,(H,24,27). The number of aryl methyl sites for hydroxylation is 1. The van der Waals surface area contributed by atoms with Crippen molar-refractivity contribution in [2.45, 2.75) is 58.2 Å².